The zero-order valence-corrected chi connectivity index (χ0v) is 24.0. The van der Waals surface area contributed by atoms with Gasteiger partial charge < -0.3 is 15.0 Å². The topological polar surface area (TPSA) is 91.1 Å². The second-order valence-electron chi connectivity index (χ2n) is 9.18. The molecule has 1 amide bonds. The minimum atomic E-state index is -0.767. The van der Waals surface area contributed by atoms with Crippen molar-refractivity contribution in [2.24, 2.45) is 0 Å². The van der Waals surface area contributed by atoms with E-state index < -0.39 is 11.7 Å². The van der Waals surface area contributed by atoms with Crippen molar-refractivity contribution in [2.75, 3.05) is 31.2 Å². The summed E-state index contributed by atoms with van der Waals surface area (Å²) < 4.78 is 19.7. The molecule has 0 aliphatic carbocycles. The summed E-state index contributed by atoms with van der Waals surface area (Å²) in [5.74, 6) is -1.60. The molecule has 1 aliphatic heterocycles. The number of nitriles is 1. The van der Waals surface area contributed by atoms with Crippen molar-refractivity contribution in [2.45, 2.75) is 22.4 Å². The van der Waals surface area contributed by atoms with Gasteiger partial charge in [0, 0.05) is 51.4 Å². The quantitative estimate of drug-likeness (QED) is 0.244. The van der Waals surface area contributed by atoms with Gasteiger partial charge in [-0.25, -0.2) is 4.39 Å². The Labute approximate surface area is 251 Å². The van der Waals surface area contributed by atoms with E-state index in [1.165, 1.54) is 23.9 Å². The van der Waals surface area contributed by atoms with E-state index in [0.717, 1.165) is 10.5 Å². The molecule has 0 spiro atoms. The summed E-state index contributed by atoms with van der Waals surface area (Å²) in [5, 5.41) is 22.7. The highest BCUT2D eigenvalue weighted by atomic mass is 35.5. The predicted molar refractivity (Wildman–Crippen MR) is 157 cm³/mol. The lowest BCUT2D eigenvalue weighted by molar-refractivity contribution is 0.0950. The monoisotopic (exact) mass is 607 g/mol. The number of benzene rings is 3. The van der Waals surface area contributed by atoms with E-state index in [4.69, 9.17) is 27.9 Å². The maximum atomic E-state index is 14.4. The molecule has 1 aromatic heterocycles. The van der Waals surface area contributed by atoms with Crippen LogP contribution in [0.4, 0.5) is 10.1 Å². The summed E-state index contributed by atoms with van der Waals surface area (Å²) in [5.41, 5.74) is 2.69. The summed E-state index contributed by atoms with van der Waals surface area (Å²) in [7, 11) is 0. The van der Waals surface area contributed by atoms with E-state index in [-0.39, 0.29) is 18.0 Å². The summed E-state index contributed by atoms with van der Waals surface area (Å²) in [6, 6.07) is 22.7. The SMILES string of the molecule is N#CC(c1ccc(Sc2ccccc2CNC(=O)c2cc(F)cc(N3CCOCC3)c2)nn1)c1c(Cl)cccc1Cl. The van der Waals surface area contributed by atoms with Crippen molar-refractivity contribution in [3.8, 4) is 6.07 Å². The molecule has 208 valence electrons. The van der Waals surface area contributed by atoms with Gasteiger partial charge in [0.25, 0.3) is 5.91 Å². The molecule has 0 bridgehead atoms. The maximum Gasteiger partial charge on any atom is 0.251 e. The third kappa shape index (κ3) is 6.97. The summed E-state index contributed by atoms with van der Waals surface area (Å²) in [6.45, 7) is 2.65. The molecule has 1 aliphatic rings. The van der Waals surface area contributed by atoms with E-state index in [2.05, 4.69) is 21.6 Å². The average Bonchev–Trinajstić information content (AvgIpc) is 2.99. The number of carbonyl (C=O) groups excluding carboxylic acids is 1. The Balaban J connectivity index is 1.27. The molecule has 7 nitrogen and oxygen atoms in total. The van der Waals surface area contributed by atoms with Crippen molar-refractivity contribution in [1.29, 1.82) is 5.26 Å². The van der Waals surface area contributed by atoms with Crippen molar-refractivity contribution in [3.63, 3.8) is 0 Å². The summed E-state index contributed by atoms with van der Waals surface area (Å²) >= 11 is 14.0. The molecule has 5 rings (SSSR count). The highest BCUT2D eigenvalue weighted by Crippen LogP contribution is 2.35. The highest BCUT2D eigenvalue weighted by molar-refractivity contribution is 7.99. The first-order valence-electron chi connectivity index (χ1n) is 12.8. The molecule has 1 unspecified atom stereocenters. The van der Waals surface area contributed by atoms with Crippen LogP contribution in [0, 0.1) is 17.1 Å². The van der Waals surface area contributed by atoms with Crippen LogP contribution in [0.25, 0.3) is 0 Å². The van der Waals surface area contributed by atoms with Crippen LogP contribution in [0.5, 0.6) is 0 Å². The van der Waals surface area contributed by atoms with Crippen LogP contribution < -0.4 is 10.2 Å². The lowest BCUT2D eigenvalue weighted by Crippen LogP contribution is -2.36. The van der Waals surface area contributed by atoms with Gasteiger partial charge in [-0.2, -0.15) is 10.4 Å². The van der Waals surface area contributed by atoms with Gasteiger partial charge in [-0.15, -0.1) is 5.10 Å². The van der Waals surface area contributed by atoms with E-state index in [0.29, 0.717) is 58.3 Å². The Hall–Kier alpha value is -3.68. The number of halogens is 3. The number of rotatable bonds is 8. The molecule has 2 heterocycles. The number of anilines is 1. The summed E-state index contributed by atoms with van der Waals surface area (Å²) in [4.78, 5) is 15.8. The Morgan fingerprint density at radius 3 is 2.51 bits per heavy atom. The minimum absolute atomic E-state index is 0.235. The second-order valence-corrected chi connectivity index (χ2v) is 11.1. The number of nitrogens with one attached hydrogen (secondary N) is 1. The molecular formula is C30H24Cl2FN5O2S. The highest BCUT2D eigenvalue weighted by Gasteiger charge is 2.22. The van der Waals surface area contributed by atoms with Crippen LogP contribution in [0.15, 0.2) is 82.7 Å². The van der Waals surface area contributed by atoms with Crippen LogP contribution in [0.1, 0.15) is 33.1 Å². The molecule has 1 saturated heterocycles. The molecule has 0 saturated carbocycles. The van der Waals surface area contributed by atoms with Gasteiger partial charge in [0.05, 0.1) is 25.0 Å². The number of carbonyl (C=O) groups is 1. The molecule has 41 heavy (non-hydrogen) atoms. The van der Waals surface area contributed by atoms with E-state index in [1.807, 2.05) is 29.2 Å². The standard InChI is InChI=1S/C30H24Cl2FN5O2S/c31-24-5-3-6-25(32)29(24)23(17-34)26-8-9-28(37-36-26)41-27-7-2-1-4-19(27)18-35-30(39)20-14-21(33)16-22(15-20)38-10-12-40-13-11-38/h1-9,14-16,23H,10-13,18H2,(H,35,39). The average molecular weight is 609 g/mol. The zero-order chi connectivity index (χ0) is 28.8. The molecule has 11 heteroatoms. The third-order valence-electron chi connectivity index (χ3n) is 6.52. The smallest absolute Gasteiger partial charge is 0.251 e. The van der Waals surface area contributed by atoms with Gasteiger partial charge in [0.2, 0.25) is 0 Å². The molecule has 1 atom stereocenters. The van der Waals surface area contributed by atoms with Crippen LogP contribution in [-0.4, -0.2) is 42.4 Å². The first kappa shape index (κ1) is 28.8. The number of nitrogens with zero attached hydrogens (tertiary/aromatic N) is 4. The first-order chi connectivity index (χ1) is 19.9. The fourth-order valence-corrected chi connectivity index (χ4v) is 5.93. The van der Waals surface area contributed by atoms with Crippen molar-refractivity contribution in [1.82, 2.24) is 15.5 Å². The Bertz CT molecular complexity index is 1570. The third-order valence-corrected chi connectivity index (χ3v) is 8.23. The van der Waals surface area contributed by atoms with E-state index in [1.54, 1.807) is 36.4 Å². The molecule has 3 aromatic carbocycles. The van der Waals surface area contributed by atoms with Crippen LogP contribution >= 0.6 is 35.0 Å². The number of amides is 1. The van der Waals surface area contributed by atoms with Gasteiger partial charge in [0.15, 0.2) is 0 Å². The molecular weight excluding hydrogens is 584 g/mol. The van der Waals surface area contributed by atoms with Crippen LogP contribution in [0.3, 0.4) is 0 Å². The molecule has 1 fully saturated rings. The van der Waals surface area contributed by atoms with E-state index >= 15 is 0 Å². The van der Waals surface area contributed by atoms with Crippen LogP contribution in [-0.2, 0) is 11.3 Å². The number of hydrogen-bond donors (Lipinski definition) is 1. The normalized spacial score (nSPS) is 13.9. The Kier molecular flexibility index (Phi) is 9.37. The van der Waals surface area contributed by atoms with Gasteiger partial charge in [-0.05, 0) is 54.1 Å². The van der Waals surface area contributed by atoms with Gasteiger partial charge in [0.1, 0.15) is 16.8 Å². The second kappa shape index (κ2) is 13.3. The molecule has 4 aromatic rings. The van der Waals surface area contributed by atoms with Crippen molar-refractivity contribution >= 4 is 46.6 Å². The summed E-state index contributed by atoms with van der Waals surface area (Å²) in [6.07, 6.45) is 0. The fourth-order valence-electron chi connectivity index (χ4n) is 4.45. The van der Waals surface area contributed by atoms with Crippen LogP contribution in [0.2, 0.25) is 10.0 Å². The van der Waals surface area contributed by atoms with Gasteiger partial charge >= 0.3 is 0 Å². The lowest BCUT2D eigenvalue weighted by atomic mass is 9.97. The number of ether oxygens (including phenoxy) is 1. The Morgan fingerprint density at radius 2 is 1.80 bits per heavy atom. The van der Waals surface area contributed by atoms with Crippen molar-refractivity contribution in [3.05, 3.63) is 111 Å². The minimum Gasteiger partial charge on any atom is -0.378 e. The largest absolute Gasteiger partial charge is 0.378 e. The Morgan fingerprint density at radius 1 is 1.05 bits per heavy atom. The van der Waals surface area contributed by atoms with Crippen molar-refractivity contribution < 1.29 is 13.9 Å². The predicted octanol–water partition coefficient (Wildman–Crippen LogP) is 6.50. The molecule has 1 N–H and O–H groups in total. The maximum absolute atomic E-state index is 14.4. The van der Waals surface area contributed by atoms with E-state index in [9.17, 15) is 14.4 Å². The van der Waals surface area contributed by atoms with Gasteiger partial charge in [-0.1, -0.05) is 59.2 Å². The number of hydrogen-bond acceptors (Lipinski definition) is 7. The van der Waals surface area contributed by atoms with Gasteiger partial charge in [-0.3, -0.25) is 4.79 Å². The number of aromatic nitrogens is 2. The molecule has 0 radical (unpaired) electrons. The zero-order valence-electron chi connectivity index (χ0n) is 21.7. The number of morpholine rings is 1. The fraction of sp³-hybridized carbons (Fsp3) is 0.200. The lowest BCUT2D eigenvalue weighted by Gasteiger charge is -2.29. The first-order valence-corrected chi connectivity index (χ1v) is 14.3.